The summed E-state index contributed by atoms with van der Waals surface area (Å²) < 4.78 is 0. The Labute approximate surface area is 178 Å². The molecule has 4 nitrogen and oxygen atoms in total. The van der Waals surface area contributed by atoms with Gasteiger partial charge in [0.05, 0.1) is 5.54 Å². The Morgan fingerprint density at radius 1 is 0.867 bits per heavy atom. The molecule has 0 aliphatic carbocycles. The van der Waals surface area contributed by atoms with Gasteiger partial charge in [0.25, 0.3) is 0 Å². The van der Waals surface area contributed by atoms with Crippen LogP contribution in [0, 0.1) is 5.92 Å². The van der Waals surface area contributed by atoms with Crippen molar-refractivity contribution >= 4 is 6.09 Å². The summed E-state index contributed by atoms with van der Waals surface area (Å²) in [6.07, 6.45) is -0.0300. The minimum atomic E-state index is -0.960. The van der Waals surface area contributed by atoms with Crippen LogP contribution in [0.15, 0.2) is 91.0 Å². The minimum absolute atomic E-state index is 0.119. The molecule has 1 aliphatic rings. The van der Waals surface area contributed by atoms with Gasteiger partial charge in [-0.25, -0.2) is 4.79 Å². The lowest BCUT2D eigenvalue weighted by Gasteiger charge is -2.50. The van der Waals surface area contributed by atoms with Crippen molar-refractivity contribution in [2.75, 3.05) is 13.1 Å². The number of nitrogens with zero attached hydrogens (tertiary/aromatic N) is 1. The second kappa shape index (κ2) is 8.72. The summed E-state index contributed by atoms with van der Waals surface area (Å²) in [5, 5.41) is 12.2. The van der Waals surface area contributed by atoms with E-state index in [0.717, 1.165) is 13.0 Å². The predicted molar refractivity (Wildman–Crippen MR) is 120 cm³/mol. The summed E-state index contributed by atoms with van der Waals surface area (Å²) >= 11 is 0. The average Bonchev–Trinajstić information content (AvgIpc) is 2.78. The van der Waals surface area contributed by atoms with E-state index < -0.39 is 11.6 Å². The van der Waals surface area contributed by atoms with Gasteiger partial charge >= 0.3 is 6.09 Å². The van der Waals surface area contributed by atoms with Gasteiger partial charge in [-0.15, -0.1) is 0 Å². The van der Waals surface area contributed by atoms with E-state index >= 15 is 0 Å². The minimum Gasteiger partial charge on any atom is -0.465 e. The van der Waals surface area contributed by atoms with Crippen molar-refractivity contribution in [1.29, 1.82) is 0 Å². The molecule has 30 heavy (non-hydrogen) atoms. The van der Waals surface area contributed by atoms with Gasteiger partial charge in [-0.1, -0.05) is 97.9 Å². The SMILES string of the molecule is CC1CCN(C(c2ccccc2)(c2ccccc2)c2ccccc2)CC1NC(=O)O. The maximum atomic E-state index is 11.4. The third-order valence-electron chi connectivity index (χ3n) is 6.32. The molecule has 1 fully saturated rings. The maximum absolute atomic E-state index is 11.4. The van der Waals surface area contributed by atoms with Gasteiger partial charge in [-0.2, -0.15) is 0 Å². The molecule has 0 radical (unpaired) electrons. The molecule has 2 N–H and O–H groups in total. The fraction of sp³-hybridized carbons (Fsp3) is 0.269. The topological polar surface area (TPSA) is 52.6 Å². The smallest absolute Gasteiger partial charge is 0.404 e. The quantitative estimate of drug-likeness (QED) is 0.596. The second-order valence-electron chi connectivity index (χ2n) is 8.08. The van der Waals surface area contributed by atoms with Crippen LogP contribution in [0.25, 0.3) is 0 Å². The first-order valence-corrected chi connectivity index (χ1v) is 10.5. The molecule has 0 bridgehead atoms. The molecule has 1 heterocycles. The highest BCUT2D eigenvalue weighted by Gasteiger charge is 2.45. The molecule has 154 valence electrons. The molecule has 1 aliphatic heterocycles. The number of carbonyl (C=O) groups is 1. The van der Waals surface area contributed by atoms with E-state index in [1.54, 1.807) is 0 Å². The van der Waals surface area contributed by atoms with Gasteiger partial charge in [0.2, 0.25) is 0 Å². The summed E-state index contributed by atoms with van der Waals surface area (Å²) in [5.74, 6) is 0.289. The summed E-state index contributed by atoms with van der Waals surface area (Å²) in [4.78, 5) is 13.9. The van der Waals surface area contributed by atoms with E-state index in [1.165, 1.54) is 16.7 Å². The van der Waals surface area contributed by atoms with Gasteiger partial charge in [-0.05, 0) is 29.0 Å². The van der Waals surface area contributed by atoms with Crippen LogP contribution in [0.1, 0.15) is 30.0 Å². The molecule has 0 aromatic heterocycles. The summed E-state index contributed by atoms with van der Waals surface area (Å²) in [6.45, 7) is 3.66. The molecular weight excluding hydrogens is 372 g/mol. The van der Waals surface area contributed by atoms with E-state index in [2.05, 4.69) is 89.9 Å². The highest BCUT2D eigenvalue weighted by Crippen LogP contribution is 2.44. The van der Waals surface area contributed by atoms with Gasteiger partial charge < -0.3 is 10.4 Å². The van der Waals surface area contributed by atoms with E-state index in [9.17, 15) is 9.90 Å². The first-order chi connectivity index (χ1) is 14.6. The molecular formula is C26H28N2O2. The Hall–Kier alpha value is -3.11. The number of hydrogen-bond donors (Lipinski definition) is 2. The van der Waals surface area contributed by atoms with Crippen LogP contribution < -0.4 is 5.32 Å². The number of likely N-dealkylation sites (tertiary alicyclic amines) is 1. The van der Waals surface area contributed by atoms with Crippen molar-refractivity contribution in [3.8, 4) is 0 Å². The molecule has 3 aromatic rings. The zero-order valence-corrected chi connectivity index (χ0v) is 17.2. The lowest BCUT2D eigenvalue weighted by molar-refractivity contribution is 0.0778. The van der Waals surface area contributed by atoms with E-state index in [1.807, 2.05) is 18.2 Å². The number of amides is 1. The Balaban J connectivity index is 1.92. The van der Waals surface area contributed by atoms with Crippen molar-refractivity contribution in [1.82, 2.24) is 10.2 Å². The molecule has 2 atom stereocenters. The molecule has 4 heteroatoms. The van der Waals surface area contributed by atoms with Gasteiger partial charge in [0.15, 0.2) is 0 Å². The van der Waals surface area contributed by atoms with Crippen LogP contribution in [-0.4, -0.2) is 35.2 Å². The number of benzene rings is 3. The Morgan fingerprint density at radius 2 is 1.30 bits per heavy atom. The van der Waals surface area contributed by atoms with Crippen molar-refractivity contribution in [3.05, 3.63) is 108 Å². The maximum Gasteiger partial charge on any atom is 0.404 e. The fourth-order valence-corrected chi connectivity index (χ4v) is 4.81. The second-order valence-corrected chi connectivity index (χ2v) is 8.08. The first kappa shape index (κ1) is 20.2. The number of hydrogen-bond acceptors (Lipinski definition) is 2. The zero-order chi connectivity index (χ0) is 21.0. The van der Waals surface area contributed by atoms with Crippen LogP contribution in [0.5, 0.6) is 0 Å². The third-order valence-corrected chi connectivity index (χ3v) is 6.32. The van der Waals surface area contributed by atoms with Crippen LogP contribution in [-0.2, 0) is 5.54 Å². The van der Waals surface area contributed by atoms with Crippen LogP contribution in [0.2, 0.25) is 0 Å². The molecule has 3 aromatic carbocycles. The highest BCUT2D eigenvalue weighted by molar-refractivity contribution is 5.65. The lowest BCUT2D eigenvalue weighted by Crippen LogP contribution is -2.58. The van der Waals surface area contributed by atoms with Crippen molar-refractivity contribution in [2.24, 2.45) is 5.92 Å². The molecule has 0 saturated carbocycles. The molecule has 4 rings (SSSR count). The van der Waals surface area contributed by atoms with Crippen molar-refractivity contribution in [3.63, 3.8) is 0 Å². The number of carboxylic acid groups (broad SMARTS) is 1. The normalized spacial score (nSPS) is 19.9. The first-order valence-electron chi connectivity index (χ1n) is 10.5. The Bertz CT molecular complexity index is 863. The van der Waals surface area contributed by atoms with Gasteiger partial charge in [-0.3, -0.25) is 4.90 Å². The lowest BCUT2D eigenvalue weighted by atomic mass is 9.74. The largest absolute Gasteiger partial charge is 0.465 e. The average molecular weight is 401 g/mol. The van der Waals surface area contributed by atoms with Crippen molar-refractivity contribution in [2.45, 2.75) is 24.9 Å². The molecule has 0 spiro atoms. The number of piperidine rings is 1. The van der Waals surface area contributed by atoms with E-state index in [4.69, 9.17) is 0 Å². The monoisotopic (exact) mass is 400 g/mol. The summed E-state index contributed by atoms with van der Waals surface area (Å²) in [5.41, 5.74) is 3.06. The molecule has 1 saturated heterocycles. The van der Waals surface area contributed by atoms with Crippen LogP contribution >= 0.6 is 0 Å². The summed E-state index contributed by atoms with van der Waals surface area (Å²) in [6, 6.07) is 31.5. The fourth-order valence-electron chi connectivity index (χ4n) is 4.81. The Kier molecular flexibility index (Phi) is 5.86. The third kappa shape index (κ3) is 3.71. The number of rotatable bonds is 5. The molecule has 1 amide bonds. The van der Waals surface area contributed by atoms with Gasteiger partial charge in [0.1, 0.15) is 0 Å². The van der Waals surface area contributed by atoms with E-state index in [0.29, 0.717) is 6.54 Å². The summed E-state index contributed by atoms with van der Waals surface area (Å²) in [7, 11) is 0. The Morgan fingerprint density at radius 3 is 1.70 bits per heavy atom. The molecule has 2 unspecified atom stereocenters. The van der Waals surface area contributed by atoms with Gasteiger partial charge in [0, 0.05) is 19.1 Å². The predicted octanol–water partition coefficient (Wildman–Crippen LogP) is 4.96. The van der Waals surface area contributed by atoms with Crippen molar-refractivity contribution < 1.29 is 9.90 Å². The van der Waals surface area contributed by atoms with Crippen LogP contribution in [0.3, 0.4) is 0 Å². The van der Waals surface area contributed by atoms with Crippen LogP contribution in [0.4, 0.5) is 4.79 Å². The number of nitrogens with one attached hydrogen (secondary N) is 1. The zero-order valence-electron chi connectivity index (χ0n) is 17.2. The van der Waals surface area contributed by atoms with E-state index in [-0.39, 0.29) is 12.0 Å². The standard InChI is InChI=1S/C26H28N2O2/c1-20-17-18-28(19-24(20)27-25(29)30)26(21-11-5-2-6-12-21,22-13-7-3-8-14-22)23-15-9-4-10-16-23/h2-16,20,24,27H,17-19H2,1H3,(H,29,30). The highest BCUT2D eigenvalue weighted by atomic mass is 16.4.